The predicted octanol–water partition coefficient (Wildman–Crippen LogP) is 3.11. The van der Waals surface area contributed by atoms with Gasteiger partial charge < -0.3 is 15.1 Å². The molecule has 4 rings (SSSR count). The van der Waals surface area contributed by atoms with E-state index in [0.29, 0.717) is 30.2 Å². The molecule has 7 nitrogen and oxygen atoms in total. The van der Waals surface area contributed by atoms with Gasteiger partial charge in [-0.15, -0.1) is 0 Å². The maximum Gasteiger partial charge on any atom is 0.322 e. The van der Waals surface area contributed by atoms with Crippen LogP contribution < -0.4 is 15.5 Å². The number of aromatic nitrogens is 1. The number of hydrogen-bond donors (Lipinski definition) is 2. The number of aryl methyl sites for hydroxylation is 1. The molecule has 142 valence electrons. The fraction of sp³-hybridized carbons (Fsp3) is 0.190. The number of urea groups is 1. The molecule has 3 aromatic rings. The minimum Gasteiger partial charge on any atom is -0.444 e. The highest BCUT2D eigenvalue weighted by Crippen LogP contribution is 2.23. The molecule has 3 amide bonds. The van der Waals surface area contributed by atoms with Gasteiger partial charge in [-0.05, 0) is 36.8 Å². The summed E-state index contributed by atoms with van der Waals surface area (Å²) >= 11 is 0. The summed E-state index contributed by atoms with van der Waals surface area (Å²) in [7, 11) is 0. The van der Waals surface area contributed by atoms with E-state index < -0.39 is 0 Å². The van der Waals surface area contributed by atoms with Gasteiger partial charge in [-0.2, -0.15) is 0 Å². The van der Waals surface area contributed by atoms with Crippen LogP contribution in [0.15, 0.2) is 59.2 Å². The maximum atomic E-state index is 12.6. The highest BCUT2D eigenvalue weighted by atomic mass is 16.3. The van der Waals surface area contributed by atoms with E-state index in [1.165, 1.54) is 6.26 Å². The van der Waals surface area contributed by atoms with Crippen LogP contribution >= 0.6 is 0 Å². The van der Waals surface area contributed by atoms with Gasteiger partial charge in [-0.3, -0.25) is 9.69 Å². The van der Waals surface area contributed by atoms with Crippen molar-refractivity contribution in [2.24, 2.45) is 0 Å². The Balaban J connectivity index is 1.44. The zero-order chi connectivity index (χ0) is 19.5. The Labute approximate surface area is 162 Å². The second-order valence-corrected chi connectivity index (χ2v) is 6.58. The molecule has 2 N–H and O–H groups in total. The summed E-state index contributed by atoms with van der Waals surface area (Å²) < 4.78 is 5.49. The number of nitrogens with one attached hydrogen (secondary N) is 2. The smallest absolute Gasteiger partial charge is 0.322 e. The number of carbonyl (C=O) groups is 2. The van der Waals surface area contributed by atoms with Crippen molar-refractivity contribution in [1.82, 2.24) is 15.6 Å². The topological polar surface area (TPSA) is 87.5 Å². The first kappa shape index (κ1) is 17.8. The fourth-order valence-corrected chi connectivity index (χ4v) is 3.12. The van der Waals surface area contributed by atoms with Gasteiger partial charge >= 0.3 is 6.03 Å². The van der Waals surface area contributed by atoms with Gasteiger partial charge in [0.15, 0.2) is 0 Å². The number of oxazole rings is 1. The van der Waals surface area contributed by atoms with E-state index in [9.17, 15) is 9.59 Å². The van der Waals surface area contributed by atoms with E-state index >= 15 is 0 Å². The minimum absolute atomic E-state index is 0.142. The molecule has 1 saturated heterocycles. The molecule has 0 radical (unpaired) electrons. The quantitative estimate of drug-likeness (QED) is 0.716. The monoisotopic (exact) mass is 376 g/mol. The van der Waals surface area contributed by atoms with Crippen LogP contribution in [0.2, 0.25) is 0 Å². The Morgan fingerprint density at radius 3 is 2.82 bits per heavy atom. The summed E-state index contributed by atoms with van der Waals surface area (Å²) in [5.74, 6) is 0.285. The minimum atomic E-state index is -0.231. The Hall–Kier alpha value is -3.61. The predicted molar refractivity (Wildman–Crippen MR) is 105 cm³/mol. The first-order valence-electron chi connectivity index (χ1n) is 9.06. The van der Waals surface area contributed by atoms with Gasteiger partial charge in [-0.25, -0.2) is 9.78 Å². The zero-order valence-electron chi connectivity index (χ0n) is 15.4. The first-order chi connectivity index (χ1) is 13.6. The van der Waals surface area contributed by atoms with E-state index in [-0.39, 0.29) is 18.5 Å². The molecule has 2 heterocycles. The lowest BCUT2D eigenvalue weighted by molar-refractivity contribution is 0.0950. The zero-order valence-corrected chi connectivity index (χ0v) is 15.4. The summed E-state index contributed by atoms with van der Waals surface area (Å²) in [4.78, 5) is 30.6. The molecule has 7 heteroatoms. The number of hydrogen-bond acceptors (Lipinski definition) is 4. The third-order valence-corrected chi connectivity index (χ3v) is 4.62. The molecule has 0 saturated carbocycles. The first-order valence-corrected chi connectivity index (χ1v) is 9.06. The number of rotatable bonds is 5. The largest absolute Gasteiger partial charge is 0.444 e. The van der Waals surface area contributed by atoms with Crippen LogP contribution in [0.5, 0.6) is 0 Å². The third kappa shape index (κ3) is 3.59. The third-order valence-electron chi connectivity index (χ3n) is 4.62. The molecule has 0 spiro atoms. The number of carbonyl (C=O) groups excluding carboxylic acids is 2. The van der Waals surface area contributed by atoms with Crippen LogP contribution in [-0.2, 0) is 6.54 Å². The number of benzene rings is 2. The highest BCUT2D eigenvalue weighted by Gasteiger charge is 2.23. The lowest BCUT2D eigenvalue weighted by atomic mass is 10.1. The average molecular weight is 376 g/mol. The van der Waals surface area contributed by atoms with Crippen molar-refractivity contribution in [2.75, 3.05) is 18.0 Å². The van der Waals surface area contributed by atoms with Crippen molar-refractivity contribution < 1.29 is 14.0 Å². The van der Waals surface area contributed by atoms with Gasteiger partial charge in [-0.1, -0.05) is 24.3 Å². The van der Waals surface area contributed by atoms with E-state index in [0.717, 1.165) is 16.8 Å². The molecular formula is C21H20N4O3. The molecular weight excluding hydrogens is 356 g/mol. The molecule has 1 aliphatic rings. The van der Waals surface area contributed by atoms with E-state index in [1.807, 2.05) is 43.3 Å². The molecule has 1 aliphatic heterocycles. The highest BCUT2D eigenvalue weighted by molar-refractivity contribution is 5.99. The number of nitrogens with zero attached hydrogens (tertiary/aromatic N) is 2. The fourth-order valence-electron chi connectivity index (χ4n) is 3.12. The summed E-state index contributed by atoms with van der Waals surface area (Å²) in [5.41, 5.74) is 3.70. The molecule has 1 aromatic heterocycles. The average Bonchev–Trinajstić information content (AvgIpc) is 3.36. The molecule has 2 aromatic carbocycles. The summed E-state index contributed by atoms with van der Waals surface area (Å²) in [6.07, 6.45) is 1.54. The normalized spacial score (nSPS) is 13.5. The van der Waals surface area contributed by atoms with Crippen LogP contribution in [0.3, 0.4) is 0 Å². The number of amides is 3. The van der Waals surface area contributed by atoms with E-state index in [4.69, 9.17) is 4.42 Å². The van der Waals surface area contributed by atoms with Crippen LogP contribution in [-0.4, -0.2) is 30.0 Å². The van der Waals surface area contributed by atoms with Crippen LogP contribution in [0.25, 0.3) is 11.5 Å². The summed E-state index contributed by atoms with van der Waals surface area (Å²) in [6, 6.07) is 14.8. The number of anilines is 1. The van der Waals surface area contributed by atoms with Gasteiger partial charge in [0, 0.05) is 29.9 Å². The Morgan fingerprint density at radius 1 is 1.25 bits per heavy atom. The second-order valence-electron chi connectivity index (χ2n) is 6.58. The maximum absolute atomic E-state index is 12.6. The van der Waals surface area contributed by atoms with E-state index in [2.05, 4.69) is 15.6 Å². The standard InChI is InChI=1S/C21H20N4O3/c1-14-7-8-16(11-18(14)25-10-9-22-21(25)27)19(26)23-12-17-13-28-20(24-17)15-5-3-2-4-6-15/h2-8,11,13H,9-10,12H2,1H3,(H,22,27)(H,23,26). The lowest BCUT2D eigenvalue weighted by Crippen LogP contribution is -2.29. The van der Waals surface area contributed by atoms with E-state index in [1.54, 1.807) is 17.0 Å². The van der Waals surface area contributed by atoms with Crippen molar-refractivity contribution >= 4 is 17.6 Å². The Kier molecular flexibility index (Phi) is 4.80. The van der Waals surface area contributed by atoms with Gasteiger partial charge in [0.2, 0.25) is 5.89 Å². The van der Waals surface area contributed by atoms with Gasteiger partial charge in [0.1, 0.15) is 6.26 Å². The summed E-state index contributed by atoms with van der Waals surface area (Å²) in [6.45, 7) is 3.36. The Bertz CT molecular complexity index is 1010. The lowest BCUT2D eigenvalue weighted by Gasteiger charge is -2.18. The van der Waals surface area contributed by atoms with Crippen molar-refractivity contribution in [2.45, 2.75) is 13.5 Å². The molecule has 1 fully saturated rings. The van der Waals surface area contributed by atoms with Crippen molar-refractivity contribution in [3.63, 3.8) is 0 Å². The SMILES string of the molecule is Cc1ccc(C(=O)NCc2coc(-c3ccccc3)n2)cc1N1CCNC1=O. The molecule has 0 atom stereocenters. The molecule has 28 heavy (non-hydrogen) atoms. The van der Waals surface area contributed by atoms with Crippen LogP contribution in [0, 0.1) is 6.92 Å². The molecule has 0 bridgehead atoms. The Morgan fingerprint density at radius 2 is 2.07 bits per heavy atom. The van der Waals surface area contributed by atoms with Crippen molar-refractivity contribution in [3.8, 4) is 11.5 Å². The van der Waals surface area contributed by atoms with Crippen LogP contribution in [0.1, 0.15) is 21.6 Å². The van der Waals surface area contributed by atoms with Gasteiger partial charge in [0.05, 0.1) is 12.2 Å². The van der Waals surface area contributed by atoms with Crippen LogP contribution in [0.4, 0.5) is 10.5 Å². The summed E-state index contributed by atoms with van der Waals surface area (Å²) in [5, 5.41) is 5.62. The molecule has 0 aliphatic carbocycles. The van der Waals surface area contributed by atoms with Crippen molar-refractivity contribution in [3.05, 3.63) is 71.6 Å². The second kappa shape index (κ2) is 7.56. The van der Waals surface area contributed by atoms with Crippen molar-refractivity contribution in [1.29, 1.82) is 0 Å². The molecule has 0 unspecified atom stereocenters. The van der Waals surface area contributed by atoms with Gasteiger partial charge in [0.25, 0.3) is 5.91 Å².